The van der Waals surface area contributed by atoms with E-state index in [0.29, 0.717) is 6.61 Å². The van der Waals surface area contributed by atoms with E-state index < -0.39 is 0 Å². The van der Waals surface area contributed by atoms with Crippen LogP contribution in [0.5, 0.6) is 0 Å². The lowest BCUT2D eigenvalue weighted by Gasteiger charge is -2.55. The van der Waals surface area contributed by atoms with Crippen molar-refractivity contribution in [2.75, 3.05) is 13.2 Å². The summed E-state index contributed by atoms with van der Waals surface area (Å²) in [7, 11) is 0. The number of rotatable bonds is 1. The minimum absolute atomic E-state index is 0.0754. The Kier molecular flexibility index (Phi) is 3.47. The maximum absolute atomic E-state index is 12.3. The number of hydrogen-bond donors (Lipinski definition) is 0. The quantitative estimate of drug-likeness (QED) is 0.782. The summed E-state index contributed by atoms with van der Waals surface area (Å²) >= 11 is 1.91. The molecule has 1 aromatic rings. The molecule has 0 radical (unpaired) electrons. The Morgan fingerprint density at radius 3 is 2.67 bits per heavy atom. The van der Waals surface area contributed by atoms with Crippen molar-refractivity contribution in [1.82, 2.24) is 4.90 Å². The number of carbonyl (C=O) groups excluding carboxylic acids is 1. The molecule has 2 unspecified atom stereocenters. The van der Waals surface area contributed by atoms with Crippen molar-refractivity contribution in [3.63, 3.8) is 0 Å². The van der Waals surface area contributed by atoms with Crippen LogP contribution in [0.25, 0.3) is 0 Å². The fraction of sp³-hybridized carbons (Fsp3) is 0.588. The molecule has 21 heavy (non-hydrogen) atoms. The molecule has 0 N–H and O–H groups in total. The van der Waals surface area contributed by atoms with Crippen LogP contribution < -0.4 is 0 Å². The summed E-state index contributed by atoms with van der Waals surface area (Å²) in [5, 5.41) is 0.130. The normalized spacial score (nSPS) is 29.7. The fourth-order valence-electron chi connectivity index (χ4n) is 3.59. The Balaban J connectivity index is 2.06. The molecule has 0 aliphatic carbocycles. The molecule has 2 aliphatic heterocycles. The zero-order chi connectivity index (χ0) is 15.3. The first-order valence-corrected chi connectivity index (χ1v) is 8.49. The Bertz CT molecular complexity index is 572. The number of benzene rings is 1. The van der Waals surface area contributed by atoms with E-state index in [4.69, 9.17) is 4.74 Å². The molecule has 1 fully saturated rings. The molecule has 2 aliphatic rings. The van der Waals surface area contributed by atoms with Crippen LogP contribution in [0.3, 0.4) is 0 Å². The van der Waals surface area contributed by atoms with Crippen LogP contribution in [-0.4, -0.2) is 29.5 Å². The molecule has 4 heteroatoms. The summed E-state index contributed by atoms with van der Waals surface area (Å²) < 4.78 is 5.36. The van der Waals surface area contributed by atoms with Gasteiger partial charge < -0.3 is 4.74 Å². The molecule has 1 aromatic carbocycles. The average molecular weight is 305 g/mol. The second-order valence-corrected chi connectivity index (χ2v) is 8.19. The van der Waals surface area contributed by atoms with Gasteiger partial charge in [-0.3, -0.25) is 4.90 Å². The highest BCUT2D eigenvalue weighted by atomic mass is 32.2. The Hall–Kier alpha value is -1.16. The van der Waals surface area contributed by atoms with Crippen LogP contribution in [0.1, 0.15) is 45.2 Å². The van der Waals surface area contributed by atoms with Crippen molar-refractivity contribution in [3.05, 3.63) is 35.4 Å². The minimum Gasteiger partial charge on any atom is -0.450 e. The fourth-order valence-corrected chi connectivity index (χ4v) is 5.33. The third kappa shape index (κ3) is 2.15. The first-order chi connectivity index (χ1) is 9.90. The lowest BCUT2D eigenvalue weighted by molar-refractivity contribution is 0.0842. The highest BCUT2D eigenvalue weighted by Gasteiger charge is 2.53. The van der Waals surface area contributed by atoms with Gasteiger partial charge in [-0.1, -0.05) is 38.1 Å². The lowest BCUT2D eigenvalue weighted by atomic mass is 9.75. The van der Waals surface area contributed by atoms with Crippen LogP contribution in [0.2, 0.25) is 0 Å². The van der Waals surface area contributed by atoms with Gasteiger partial charge in [0.05, 0.1) is 12.0 Å². The Morgan fingerprint density at radius 1 is 1.33 bits per heavy atom. The summed E-state index contributed by atoms with van der Waals surface area (Å²) in [6, 6.07) is 8.69. The topological polar surface area (TPSA) is 29.5 Å². The molecule has 114 valence electrons. The van der Waals surface area contributed by atoms with Crippen LogP contribution in [0.4, 0.5) is 4.79 Å². The van der Waals surface area contributed by atoms with E-state index >= 15 is 0 Å². The van der Waals surface area contributed by atoms with Crippen LogP contribution in [0.15, 0.2) is 24.3 Å². The standard InChI is InChI=1S/C17H23NO2S/c1-5-20-15(19)18-11-10-17(4)13-9-7-6-8-12(13)16(2,3)14(18)21-17/h6-9,14H,5,10-11H2,1-4H3. The SMILES string of the molecule is CCOC(=O)N1CCC2(C)SC1C(C)(C)c1ccccc12. The molecule has 2 bridgehead atoms. The molecule has 0 saturated carbocycles. The van der Waals surface area contributed by atoms with Crippen LogP contribution >= 0.6 is 11.8 Å². The summed E-state index contributed by atoms with van der Waals surface area (Å²) in [5.74, 6) is 0. The molecule has 0 aromatic heterocycles. The van der Waals surface area contributed by atoms with E-state index in [9.17, 15) is 4.79 Å². The van der Waals surface area contributed by atoms with Crippen LogP contribution in [0, 0.1) is 0 Å². The summed E-state index contributed by atoms with van der Waals surface area (Å²) in [4.78, 5) is 14.2. The zero-order valence-electron chi connectivity index (χ0n) is 13.2. The predicted octanol–water partition coefficient (Wildman–Crippen LogP) is 4.11. The van der Waals surface area contributed by atoms with E-state index in [0.717, 1.165) is 13.0 Å². The first kappa shape index (κ1) is 14.8. The van der Waals surface area contributed by atoms with Gasteiger partial charge in [-0.05, 0) is 31.4 Å². The maximum Gasteiger partial charge on any atom is 0.410 e. The van der Waals surface area contributed by atoms with E-state index in [2.05, 4.69) is 45.0 Å². The molecule has 3 nitrogen and oxygen atoms in total. The van der Waals surface area contributed by atoms with Gasteiger partial charge in [0, 0.05) is 16.7 Å². The molecule has 0 spiro atoms. The number of ether oxygens (including phenoxy) is 1. The molecule has 1 saturated heterocycles. The van der Waals surface area contributed by atoms with Crippen molar-refractivity contribution in [2.45, 2.75) is 49.7 Å². The zero-order valence-corrected chi connectivity index (χ0v) is 14.0. The van der Waals surface area contributed by atoms with E-state index in [1.807, 2.05) is 23.6 Å². The van der Waals surface area contributed by atoms with Crippen molar-refractivity contribution < 1.29 is 9.53 Å². The van der Waals surface area contributed by atoms with Crippen molar-refractivity contribution >= 4 is 17.9 Å². The molecule has 2 atom stereocenters. The monoisotopic (exact) mass is 305 g/mol. The molecule has 3 rings (SSSR count). The lowest BCUT2D eigenvalue weighted by Crippen LogP contribution is -2.57. The van der Waals surface area contributed by atoms with Gasteiger partial charge in [-0.15, -0.1) is 11.8 Å². The minimum atomic E-state index is -0.176. The van der Waals surface area contributed by atoms with Gasteiger partial charge in [0.1, 0.15) is 0 Å². The van der Waals surface area contributed by atoms with Gasteiger partial charge in [0.25, 0.3) is 0 Å². The highest BCUT2D eigenvalue weighted by Crippen LogP contribution is 2.58. The largest absolute Gasteiger partial charge is 0.450 e. The number of amides is 1. The average Bonchev–Trinajstić information content (AvgIpc) is 2.46. The summed E-state index contributed by atoms with van der Waals surface area (Å²) in [5.41, 5.74) is 2.72. The molecule has 2 heterocycles. The molecule has 1 amide bonds. The smallest absolute Gasteiger partial charge is 0.410 e. The summed E-state index contributed by atoms with van der Waals surface area (Å²) in [6.45, 7) is 9.84. The molecular formula is C17H23NO2S. The predicted molar refractivity (Wildman–Crippen MR) is 86.5 cm³/mol. The Morgan fingerprint density at radius 2 is 2.00 bits per heavy atom. The van der Waals surface area contributed by atoms with E-state index in [1.165, 1.54) is 11.1 Å². The van der Waals surface area contributed by atoms with Crippen molar-refractivity contribution in [2.24, 2.45) is 0 Å². The van der Waals surface area contributed by atoms with E-state index in [-0.39, 0.29) is 21.6 Å². The van der Waals surface area contributed by atoms with Crippen molar-refractivity contribution in [1.29, 1.82) is 0 Å². The number of thioether (sulfide) groups is 1. The third-order valence-corrected chi connectivity index (χ3v) is 6.81. The number of hydrogen-bond acceptors (Lipinski definition) is 3. The molecular weight excluding hydrogens is 282 g/mol. The second kappa shape index (κ2) is 4.94. The van der Waals surface area contributed by atoms with Gasteiger partial charge in [-0.25, -0.2) is 4.79 Å². The van der Waals surface area contributed by atoms with Crippen LogP contribution in [-0.2, 0) is 14.9 Å². The second-order valence-electron chi connectivity index (χ2n) is 6.61. The van der Waals surface area contributed by atoms with Gasteiger partial charge in [-0.2, -0.15) is 0 Å². The van der Waals surface area contributed by atoms with E-state index in [1.54, 1.807) is 0 Å². The third-order valence-electron chi connectivity index (χ3n) is 4.80. The van der Waals surface area contributed by atoms with Crippen molar-refractivity contribution in [3.8, 4) is 0 Å². The number of carbonyl (C=O) groups is 1. The van der Waals surface area contributed by atoms with Gasteiger partial charge in [0.15, 0.2) is 0 Å². The number of nitrogens with zero attached hydrogens (tertiary/aromatic N) is 1. The van der Waals surface area contributed by atoms with Gasteiger partial charge in [0.2, 0.25) is 0 Å². The Labute approximate surface area is 131 Å². The summed E-state index contributed by atoms with van der Waals surface area (Å²) in [6.07, 6.45) is 0.796. The maximum atomic E-state index is 12.3. The first-order valence-electron chi connectivity index (χ1n) is 7.61. The number of fused-ring (bicyclic) bond motifs is 4. The highest BCUT2D eigenvalue weighted by molar-refractivity contribution is 8.01. The van der Waals surface area contributed by atoms with Gasteiger partial charge >= 0.3 is 6.09 Å².